The Labute approximate surface area is 139 Å². The number of anilines is 2. The minimum absolute atomic E-state index is 0.259. The maximum atomic E-state index is 12.1. The summed E-state index contributed by atoms with van der Waals surface area (Å²) in [6.07, 6.45) is 4.30. The van der Waals surface area contributed by atoms with Gasteiger partial charge < -0.3 is 10.6 Å². The van der Waals surface area contributed by atoms with Gasteiger partial charge in [0.05, 0.1) is 6.07 Å². The number of aromatic nitrogens is 1. The molecule has 3 aliphatic rings. The van der Waals surface area contributed by atoms with Gasteiger partial charge in [-0.15, -0.1) is 0 Å². The third-order valence-corrected chi connectivity index (χ3v) is 5.72. The fourth-order valence-electron chi connectivity index (χ4n) is 3.84. The zero-order valence-electron chi connectivity index (χ0n) is 13.3. The van der Waals surface area contributed by atoms with Crippen LogP contribution in [-0.4, -0.2) is 17.4 Å². The minimum Gasteiger partial charge on any atom is -0.369 e. The molecule has 1 spiro atoms. The van der Waals surface area contributed by atoms with Crippen LogP contribution in [0.15, 0.2) is 30.5 Å². The predicted molar refractivity (Wildman–Crippen MR) is 90.7 cm³/mol. The molecule has 0 saturated heterocycles. The number of nitriles is 1. The third-order valence-electron chi connectivity index (χ3n) is 5.72. The quantitative estimate of drug-likeness (QED) is 0.848. The largest absolute Gasteiger partial charge is 0.369 e. The van der Waals surface area contributed by atoms with Crippen molar-refractivity contribution in [3.8, 4) is 17.2 Å². The molecule has 5 nitrogen and oxygen atoms in total. The summed E-state index contributed by atoms with van der Waals surface area (Å²) in [6, 6.07) is 10.2. The lowest BCUT2D eigenvalue weighted by Gasteiger charge is -2.13. The van der Waals surface area contributed by atoms with E-state index in [1.54, 1.807) is 6.92 Å². The lowest BCUT2D eigenvalue weighted by molar-refractivity contribution is -0.118. The fraction of sp³-hybridized carbons (Fsp3) is 0.316. The van der Waals surface area contributed by atoms with E-state index < -0.39 is 5.41 Å². The molecule has 5 heteroatoms. The van der Waals surface area contributed by atoms with Crippen molar-refractivity contribution >= 4 is 17.4 Å². The van der Waals surface area contributed by atoms with Crippen molar-refractivity contribution in [1.29, 1.82) is 5.26 Å². The van der Waals surface area contributed by atoms with Gasteiger partial charge in [-0.2, -0.15) is 5.26 Å². The number of pyridine rings is 1. The average Bonchev–Trinajstić information content (AvgIpc) is 3.24. The highest BCUT2D eigenvalue weighted by Gasteiger charge is 2.49. The first-order valence-electron chi connectivity index (χ1n) is 8.18. The maximum Gasteiger partial charge on any atom is 0.249 e. The number of rotatable bonds is 1. The topological polar surface area (TPSA) is 77.8 Å². The van der Waals surface area contributed by atoms with Crippen molar-refractivity contribution in [3.63, 3.8) is 0 Å². The number of carbonyl (C=O) groups is 1. The molecule has 1 aromatic carbocycles. The summed E-state index contributed by atoms with van der Waals surface area (Å²) >= 11 is 0. The Morgan fingerprint density at radius 2 is 2.00 bits per heavy atom. The molecule has 5 rings (SSSR count). The monoisotopic (exact) mass is 316 g/mol. The third kappa shape index (κ3) is 1.58. The van der Waals surface area contributed by atoms with Crippen molar-refractivity contribution < 1.29 is 4.79 Å². The summed E-state index contributed by atoms with van der Waals surface area (Å²) in [5, 5.41) is 15.7. The molecule has 1 aromatic heterocycles. The highest BCUT2D eigenvalue weighted by Crippen LogP contribution is 2.54. The molecule has 3 heterocycles. The smallest absolute Gasteiger partial charge is 0.249 e. The lowest BCUT2D eigenvalue weighted by atomic mass is 9.84. The zero-order chi connectivity index (χ0) is 16.5. The molecule has 0 radical (unpaired) electrons. The second kappa shape index (κ2) is 4.15. The molecule has 0 unspecified atom stereocenters. The van der Waals surface area contributed by atoms with Crippen molar-refractivity contribution in [2.75, 3.05) is 17.2 Å². The van der Waals surface area contributed by atoms with Gasteiger partial charge in [0.1, 0.15) is 5.82 Å². The Kier molecular flexibility index (Phi) is 2.34. The summed E-state index contributed by atoms with van der Waals surface area (Å²) in [5.41, 5.74) is 3.95. The van der Waals surface area contributed by atoms with Gasteiger partial charge in [-0.3, -0.25) is 4.79 Å². The van der Waals surface area contributed by atoms with Crippen LogP contribution in [0.2, 0.25) is 0 Å². The van der Waals surface area contributed by atoms with Gasteiger partial charge in [0.15, 0.2) is 5.41 Å². The van der Waals surface area contributed by atoms with Crippen LogP contribution in [-0.2, 0) is 15.6 Å². The molecule has 1 atom stereocenters. The first-order chi connectivity index (χ1) is 11.6. The van der Waals surface area contributed by atoms with Crippen LogP contribution >= 0.6 is 0 Å². The van der Waals surface area contributed by atoms with Crippen LogP contribution in [0.1, 0.15) is 30.9 Å². The maximum absolute atomic E-state index is 12.1. The number of amides is 1. The van der Waals surface area contributed by atoms with E-state index >= 15 is 0 Å². The van der Waals surface area contributed by atoms with Crippen LogP contribution in [0.25, 0.3) is 11.1 Å². The highest BCUT2D eigenvalue weighted by atomic mass is 16.2. The number of carbonyl (C=O) groups excluding carboxylic acids is 1. The average molecular weight is 316 g/mol. The summed E-state index contributed by atoms with van der Waals surface area (Å²) in [4.78, 5) is 16.7. The van der Waals surface area contributed by atoms with Crippen LogP contribution < -0.4 is 10.6 Å². The van der Waals surface area contributed by atoms with Gasteiger partial charge in [-0.1, -0.05) is 6.07 Å². The van der Waals surface area contributed by atoms with Gasteiger partial charge in [0.2, 0.25) is 5.91 Å². The number of nitrogens with one attached hydrogen (secondary N) is 2. The summed E-state index contributed by atoms with van der Waals surface area (Å²) in [7, 11) is 0. The molecular weight excluding hydrogens is 300 g/mol. The number of nitrogens with zero attached hydrogens (tertiary/aromatic N) is 2. The van der Waals surface area contributed by atoms with E-state index in [-0.39, 0.29) is 11.3 Å². The molecule has 1 amide bonds. The molecule has 118 valence electrons. The molecule has 2 aromatic rings. The minimum atomic E-state index is -1.13. The van der Waals surface area contributed by atoms with E-state index in [1.165, 1.54) is 18.4 Å². The number of hydrogen-bond donors (Lipinski definition) is 2. The van der Waals surface area contributed by atoms with Crippen LogP contribution in [0.4, 0.5) is 11.5 Å². The molecule has 2 N–H and O–H groups in total. The molecule has 0 bridgehead atoms. The van der Waals surface area contributed by atoms with Crippen molar-refractivity contribution in [2.24, 2.45) is 0 Å². The second-order valence-electron chi connectivity index (χ2n) is 7.21. The molecule has 1 fully saturated rings. The molecule has 24 heavy (non-hydrogen) atoms. The first kappa shape index (κ1) is 13.6. The fourth-order valence-corrected chi connectivity index (χ4v) is 3.84. The van der Waals surface area contributed by atoms with Crippen LogP contribution in [0, 0.1) is 11.3 Å². The van der Waals surface area contributed by atoms with Crippen LogP contribution in [0.5, 0.6) is 0 Å². The van der Waals surface area contributed by atoms with E-state index in [1.807, 2.05) is 24.4 Å². The second-order valence-corrected chi connectivity index (χ2v) is 7.21. The number of benzene rings is 1. The van der Waals surface area contributed by atoms with Gasteiger partial charge in [-0.05, 0) is 43.5 Å². The Bertz CT molecular complexity index is 954. The van der Waals surface area contributed by atoms with Gasteiger partial charge in [0, 0.05) is 40.5 Å². The highest BCUT2D eigenvalue weighted by molar-refractivity contribution is 6.08. The van der Waals surface area contributed by atoms with E-state index in [2.05, 4.69) is 27.8 Å². The summed E-state index contributed by atoms with van der Waals surface area (Å²) < 4.78 is 0. The van der Waals surface area contributed by atoms with E-state index in [9.17, 15) is 10.1 Å². The van der Waals surface area contributed by atoms with Gasteiger partial charge in [0.25, 0.3) is 0 Å². The zero-order valence-corrected chi connectivity index (χ0v) is 13.3. The van der Waals surface area contributed by atoms with E-state index in [0.29, 0.717) is 0 Å². The summed E-state index contributed by atoms with van der Waals surface area (Å²) in [5.74, 6) is 0.737. The molecular formula is C19H16N4O. The normalized spacial score (nSPS) is 24.8. The van der Waals surface area contributed by atoms with Crippen molar-refractivity contribution in [2.45, 2.75) is 30.6 Å². The first-order valence-corrected chi connectivity index (χ1v) is 8.18. The molecule has 2 aliphatic heterocycles. The SMILES string of the molecule is C[C@]1(C#N)C(=O)Nc2ccc(-c3cnc4c(c3)C3(CC3)CN4)cc21. The number of hydrogen-bond acceptors (Lipinski definition) is 4. The number of fused-ring (bicyclic) bond motifs is 3. The predicted octanol–water partition coefficient (Wildman–Crippen LogP) is 2.94. The van der Waals surface area contributed by atoms with Crippen molar-refractivity contribution in [1.82, 2.24) is 4.98 Å². The Balaban J connectivity index is 1.63. The van der Waals surface area contributed by atoms with E-state index in [4.69, 9.17) is 0 Å². The molecule has 1 saturated carbocycles. The lowest BCUT2D eigenvalue weighted by Crippen LogP contribution is -2.28. The van der Waals surface area contributed by atoms with Crippen LogP contribution in [0.3, 0.4) is 0 Å². The molecule has 1 aliphatic carbocycles. The Morgan fingerprint density at radius 3 is 2.75 bits per heavy atom. The van der Waals surface area contributed by atoms with Gasteiger partial charge in [-0.25, -0.2) is 4.98 Å². The standard InChI is InChI=1S/C19H16N4O/c1-18(9-20)13-6-11(2-3-15(13)23-17(18)24)12-7-14-16(21-8-12)22-10-19(14)4-5-19/h2-3,6-8H,4-5,10H2,1H3,(H,21,22)(H,23,24)/t18-/m1/s1. The summed E-state index contributed by atoms with van der Waals surface area (Å²) in [6.45, 7) is 2.65. The Morgan fingerprint density at radius 1 is 1.21 bits per heavy atom. The van der Waals surface area contributed by atoms with E-state index in [0.717, 1.165) is 34.7 Å². The van der Waals surface area contributed by atoms with Gasteiger partial charge >= 0.3 is 0 Å². The van der Waals surface area contributed by atoms with Crippen molar-refractivity contribution in [3.05, 3.63) is 41.6 Å². The Hall–Kier alpha value is -2.87.